The number of methoxy groups -OCH3 is 1. The maximum Gasteiger partial charge on any atom is 0 e. The summed E-state index contributed by atoms with van der Waals surface area (Å²) in [5, 5.41) is 10.5. The molecule has 143 valence electrons. The van der Waals surface area contributed by atoms with Gasteiger partial charge < -0.3 is 9.47 Å². The van der Waals surface area contributed by atoms with Crippen LogP contribution in [0.3, 0.4) is 0 Å². The monoisotopic (exact) mass is 552 g/mol. The molecule has 0 aliphatic heterocycles. The number of halogens is 2. The van der Waals surface area contributed by atoms with E-state index in [-0.39, 0.29) is 41.3 Å². The first-order valence-electron chi connectivity index (χ1n) is 7.37. The molecule has 1 aromatic rings. The Kier molecular flexibility index (Phi) is 14.4. The van der Waals surface area contributed by atoms with E-state index in [0.29, 0.717) is 38.5 Å². The third-order valence-electron chi connectivity index (χ3n) is 3.01. The SMILES string of the molecule is COCCOCCC(=O)NCc1cn(CCC(N)C(=O)[IH]F)nn1.[Nb]. The number of carbonyl (C=O) groups excluding carboxylic acids is 2. The van der Waals surface area contributed by atoms with Crippen LogP contribution in [0.25, 0.3) is 0 Å². The minimum atomic E-state index is -2.13. The number of hydrogen-bond acceptors (Lipinski definition) is 7. The predicted molar refractivity (Wildman–Crippen MR) is 93.3 cm³/mol. The average Bonchev–Trinajstić information content (AvgIpc) is 3.04. The number of aryl methyl sites for hydroxylation is 1. The second-order valence-electron chi connectivity index (χ2n) is 4.90. The Bertz CT molecular complexity index is 522. The van der Waals surface area contributed by atoms with Crippen molar-refractivity contribution < 1.29 is 44.3 Å². The van der Waals surface area contributed by atoms with E-state index in [1.54, 1.807) is 13.3 Å². The van der Waals surface area contributed by atoms with Gasteiger partial charge in [0, 0.05) is 29.5 Å². The predicted octanol–water partition coefficient (Wildman–Crippen LogP) is -0.224. The topological polar surface area (TPSA) is 121 Å². The zero-order valence-electron chi connectivity index (χ0n) is 13.9. The van der Waals surface area contributed by atoms with Crippen LogP contribution in [-0.2, 0) is 54.5 Å². The molecule has 0 aliphatic carbocycles. The van der Waals surface area contributed by atoms with Gasteiger partial charge in [-0.15, -0.1) is 0 Å². The van der Waals surface area contributed by atoms with Crippen molar-refractivity contribution in [2.45, 2.75) is 32.0 Å². The molecule has 1 atom stereocenters. The van der Waals surface area contributed by atoms with Gasteiger partial charge in [-0.05, 0) is 0 Å². The van der Waals surface area contributed by atoms with E-state index in [0.717, 1.165) is 0 Å². The Labute approximate surface area is 172 Å². The van der Waals surface area contributed by atoms with E-state index in [1.807, 2.05) is 0 Å². The minimum absolute atomic E-state index is 0. The molecule has 0 aromatic carbocycles. The summed E-state index contributed by atoms with van der Waals surface area (Å²) >= 11 is -2.13. The molecule has 1 heterocycles. The first kappa shape index (κ1) is 24.6. The number of nitrogens with two attached hydrogens (primary N) is 1. The molecule has 0 spiro atoms. The fourth-order valence-electron chi connectivity index (χ4n) is 1.66. The number of aromatic nitrogens is 3. The summed E-state index contributed by atoms with van der Waals surface area (Å²) in [4.78, 5) is 22.7. The number of carbonyl (C=O) groups is 2. The van der Waals surface area contributed by atoms with Crippen LogP contribution in [0, 0.1) is 0 Å². The van der Waals surface area contributed by atoms with Gasteiger partial charge in [-0.2, -0.15) is 0 Å². The van der Waals surface area contributed by atoms with Crippen molar-refractivity contribution >= 4 is 31.5 Å². The smallest absolute Gasteiger partial charge is 0 e. The Morgan fingerprint density at radius 2 is 2.20 bits per heavy atom. The molecule has 12 heteroatoms. The van der Waals surface area contributed by atoms with Crippen LogP contribution in [0.4, 0.5) is 2.86 Å². The molecule has 0 saturated heterocycles. The van der Waals surface area contributed by atoms with Crippen molar-refractivity contribution in [1.29, 1.82) is 0 Å². The van der Waals surface area contributed by atoms with Crippen LogP contribution in [-0.4, -0.2) is 57.7 Å². The van der Waals surface area contributed by atoms with Crippen LogP contribution in [0.5, 0.6) is 0 Å². The Morgan fingerprint density at radius 3 is 2.88 bits per heavy atom. The zero-order chi connectivity index (χ0) is 17.8. The summed E-state index contributed by atoms with van der Waals surface area (Å²) in [6.07, 6.45) is 2.21. The number of amides is 1. The molecule has 0 aliphatic rings. The van der Waals surface area contributed by atoms with Gasteiger partial charge in [0.2, 0.25) is 0 Å². The van der Waals surface area contributed by atoms with Crippen LogP contribution in [0.2, 0.25) is 0 Å². The van der Waals surface area contributed by atoms with Crippen molar-refractivity contribution in [2.75, 3.05) is 26.9 Å². The van der Waals surface area contributed by atoms with E-state index in [2.05, 4.69) is 15.6 Å². The van der Waals surface area contributed by atoms with Crippen molar-refractivity contribution in [3.63, 3.8) is 0 Å². The first-order valence-corrected chi connectivity index (χ1v) is 9.41. The molecule has 0 fully saturated rings. The van der Waals surface area contributed by atoms with Crippen molar-refractivity contribution in [2.24, 2.45) is 5.73 Å². The van der Waals surface area contributed by atoms with Crippen molar-refractivity contribution in [1.82, 2.24) is 20.3 Å². The molecule has 1 amide bonds. The van der Waals surface area contributed by atoms with E-state index < -0.39 is 31.6 Å². The van der Waals surface area contributed by atoms with Crippen LogP contribution in [0.15, 0.2) is 6.20 Å². The van der Waals surface area contributed by atoms with Crippen LogP contribution in [0.1, 0.15) is 18.5 Å². The summed E-state index contributed by atoms with van der Waals surface area (Å²) in [5.74, 6) is -0.151. The summed E-state index contributed by atoms with van der Waals surface area (Å²) < 4.78 is 23.3. The molecule has 3 N–H and O–H groups in total. The number of ether oxygens (including phenoxy) is 2. The molecule has 1 rings (SSSR count). The van der Waals surface area contributed by atoms with E-state index in [1.165, 1.54) is 4.68 Å². The summed E-state index contributed by atoms with van der Waals surface area (Å²) in [7, 11) is 1.58. The molecule has 0 saturated carbocycles. The molecule has 9 nitrogen and oxygen atoms in total. The Morgan fingerprint density at radius 1 is 1.44 bits per heavy atom. The van der Waals surface area contributed by atoms with Gasteiger partial charge in [0.25, 0.3) is 0 Å². The van der Waals surface area contributed by atoms with Gasteiger partial charge >= 0.3 is 120 Å². The molecule has 0 bridgehead atoms. The minimum Gasteiger partial charge on any atom is 0 e. The quantitative estimate of drug-likeness (QED) is 0.150. The molecule has 25 heavy (non-hydrogen) atoms. The third kappa shape index (κ3) is 11.0. The van der Waals surface area contributed by atoms with Gasteiger partial charge in [-0.3, -0.25) is 0 Å². The van der Waals surface area contributed by atoms with E-state index >= 15 is 0 Å². The zero-order valence-corrected chi connectivity index (χ0v) is 18.4. The van der Waals surface area contributed by atoms with Gasteiger partial charge in [-0.1, -0.05) is 0 Å². The fourth-order valence-corrected chi connectivity index (χ4v) is 2.32. The summed E-state index contributed by atoms with van der Waals surface area (Å²) in [6, 6.07) is -0.789. The van der Waals surface area contributed by atoms with Crippen LogP contribution < -0.4 is 11.1 Å². The van der Waals surface area contributed by atoms with E-state index in [4.69, 9.17) is 15.2 Å². The summed E-state index contributed by atoms with van der Waals surface area (Å²) in [6.45, 7) is 1.89. The standard InChI is InChI=1S/C13H23FIN5O4.Nb/c1-23-6-7-24-5-3-12(21)17-8-10-9-20(19-18-10)4-2-11(16)13(22)15-14;/h9,11,15H,2-8,16H2,1H3,(H,17,21);. The molecular formula is C13H23FIN5NbO4. The fraction of sp³-hybridized carbons (Fsp3) is 0.692. The van der Waals surface area contributed by atoms with Gasteiger partial charge in [0.1, 0.15) is 0 Å². The molecular weight excluding hydrogens is 529 g/mol. The number of hydrogen-bond donors (Lipinski definition) is 2. The normalized spacial score (nSPS) is 11.8. The largest absolute Gasteiger partial charge is 0 e. The van der Waals surface area contributed by atoms with E-state index in [9.17, 15) is 12.4 Å². The average molecular weight is 552 g/mol. The first-order chi connectivity index (χ1) is 11.6. The maximum atomic E-state index is 12.3. The molecule has 1 radical (unpaired) electrons. The van der Waals surface area contributed by atoms with Gasteiger partial charge in [0.15, 0.2) is 0 Å². The summed E-state index contributed by atoms with van der Waals surface area (Å²) in [5.41, 5.74) is 6.15. The Hall–Kier alpha value is -0.440. The second-order valence-corrected chi connectivity index (χ2v) is 6.49. The van der Waals surface area contributed by atoms with Gasteiger partial charge in [-0.25, -0.2) is 0 Å². The molecule has 1 aromatic heterocycles. The van der Waals surface area contributed by atoms with Crippen molar-refractivity contribution in [3.05, 3.63) is 11.9 Å². The van der Waals surface area contributed by atoms with Crippen LogP contribution >= 0.6 is 21.8 Å². The number of rotatable bonds is 13. The molecule has 1 unspecified atom stereocenters. The van der Waals surface area contributed by atoms with Crippen molar-refractivity contribution in [3.8, 4) is 0 Å². The Balaban J connectivity index is 0.00000576. The third-order valence-corrected chi connectivity index (χ3v) is 4.30. The second kappa shape index (κ2) is 14.7. The van der Waals surface area contributed by atoms with Gasteiger partial charge in [0.05, 0.1) is 13.2 Å². The number of nitrogens with zero attached hydrogens (tertiary/aromatic N) is 3. The number of nitrogens with one attached hydrogen (secondary N) is 1. The maximum absolute atomic E-state index is 12.3.